The van der Waals surface area contributed by atoms with Gasteiger partial charge in [-0.15, -0.1) is 0 Å². The van der Waals surface area contributed by atoms with Gasteiger partial charge in [0.2, 0.25) is 6.79 Å². The molecule has 27 heavy (non-hydrogen) atoms. The summed E-state index contributed by atoms with van der Waals surface area (Å²) in [5.74, 6) is 1.63. The Bertz CT molecular complexity index is 875. The first kappa shape index (κ1) is 19.2. The van der Waals surface area contributed by atoms with Gasteiger partial charge in [0.25, 0.3) is 5.91 Å². The number of carbonyl (C=O) groups excluding carboxylic acids is 1. The fraction of sp³-hybridized carbons (Fsp3) is 0.300. The first-order chi connectivity index (χ1) is 12.8. The predicted molar refractivity (Wildman–Crippen MR) is 107 cm³/mol. The standard InChI is InChI=1S/C20H21BrN2O4/c1-20(2,3)14-5-7-16(15(21)9-14)25-11-19(24)23-22-10-13-4-6-17-18(8-13)27-12-26-17/h4-10H,11-12H2,1-3H3,(H,23,24)/b22-10+. The molecule has 1 heterocycles. The molecule has 0 saturated carbocycles. The number of hydrogen-bond acceptors (Lipinski definition) is 5. The molecular formula is C20H21BrN2O4. The third kappa shape index (κ3) is 5.01. The third-order valence-electron chi connectivity index (χ3n) is 3.96. The van der Waals surface area contributed by atoms with E-state index in [2.05, 4.69) is 47.2 Å². The Labute approximate surface area is 166 Å². The maximum absolute atomic E-state index is 11.9. The fourth-order valence-electron chi connectivity index (χ4n) is 2.43. The number of hydrazone groups is 1. The van der Waals surface area contributed by atoms with Crippen LogP contribution < -0.4 is 19.6 Å². The minimum Gasteiger partial charge on any atom is -0.483 e. The first-order valence-electron chi connectivity index (χ1n) is 8.47. The highest BCUT2D eigenvalue weighted by molar-refractivity contribution is 9.10. The summed E-state index contributed by atoms with van der Waals surface area (Å²) in [4.78, 5) is 11.9. The van der Waals surface area contributed by atoms with E-state index in [1.54, 1.807) is 12.1 Å². The Hall–Kier alpha value is -2.54. The number of fused-ring (bicyclic) bond motifs is 1. The van der Waals surface area contributed by atoms with Crippen molar-refractivity contribution in [3.8, 4) is 17.2 Å². The molecule has 0 bridgehead atoms. The van der Waals surface area contributed by atoms with Crippen LogP contribution in [0.15, 0.2) is 46.0 Å². The van der Waals surface area contributed by atoms with Gasteiger partial charge >= 0.3 is 0 Å². The average molecular weight is 433 g/mol. The molecule has 1 amide bonds. The van der Waals surface area contributed by atoms with Gasteiger partial charge in [0.1, 0.15) is 5.75 Å². The summed E-state index contributed by atoms with van der Waals surface area (Å²) in [6, 6.07) is 11.3. The van der Waals surface area contributed by atoms with E-state index >= 15 is 0 Å². The monoisotopic (exact) mass is 432 g/mol. The lowest BCUT2D eigenvalue weighted by Gasteiger charge is -2.20. The zero-order valence-electron chi connectivity index (χ0n) is 15.4. The van der Waals surface area contributed by atoms with Crippen LogP contribution in [0.25, 0.3) is 0 Å². The Kier molecular flexibility index (Phi) is 5.70. The molecule has 2 aromatic carbocycles. The topological polar surface area (TPSA) is 69.2 Å². The minimum atomic E-state index is -0.348. The Morgan fingerprint density at radius 1 is 1.22 bits per heavy atom. The molecule has 1 aliphatic rings. The second kappa shape index (κ2) is 8.00. The quantitative estimate of drug-likeness (QED) is 0.572. The van der Waals surface area contributed by atoms with Gasteiger partial charge in [-0.25, -0.2) is 5.43 Å². The number of nitrogens with one attached hydrogen (secondary N) is 1. The maximum Gasteiger partial charge on any atom is 0.277 e. The average Bonchev–Trinajstić information content (AvgIpc) is 3.07. The number of benzene rings is 2. The summed E-state index contributed by atoms with van der Waals surface area (Å²) < 4.78 is 16.9. The summed E-state index contributed by atoms with van der Waals surface area (Å²) >= 11 is 3.49. The summed E-state index contributed by atoms with van der Waals surface area (Å²) in [5, 5.41) is 3.94. The van der Waals surface area contributed by atoms with E-state index in [1.165, 1.54) is 11.8 Å². The van der Waals surface area contributed by atoms with Gasteiger partial charge in [0.05, 0.1) is 10.7 Å². The Morgan fingerprint density at radius 3 is 2.74 bits per heavy atom. The SMILES string of the molecule is CC(C)(C)c1ccc(OCC(=O)N/N=C/c2ccc3c(c2)OCO3)c(Br)c1. The molecule has 7 heteroatoms. The zero-order valence-corrected chi connectivity index (χ0v) is 17.0. The molecule has 0 radical (unpaired) electrons. The van der Waals surface area contributed by atoms with Crippen LogP contribution >= 0.6 is 15.9 Å². The molecule has 0 saturated heterocycles. The van der Waals surface area contributed by atoms with Crippen LogP contribution in [-0.2, 0) is 10.2 Å². The number of carbonyl (C=O) groups is 1. The van der Waals surface area contributed by atoms with E-state index in [9.17, 15) is 4.79 Å². The van der Waals surface area contributed by atoms with Crippen LogP contribution in [0, 0.1) is 0 Å². The summed E-state index contributed by atoms with van der Waals surface area (Å²) in [7, 11) is 0. The smallest absolute Gasteiger partial charge is 0.277 e. The number of rotatable bonds is 5. The fourth-order valence-corrected chi connectivity index (χ4v) is 2.93. The van der Waals surface area contributed by atoms with E-state index in [1.807, 2.05) is 24.3 Å². The molecule has 0 unspecified atom stereocenters. The van der Waals surface area contributed by atoms with Crippen molar-refractivity contribution in [2.24, 2.45) is 5.10 Å². The molecule has 1 N–H and O–H groups in total. The van der Waals surface area contributed by atoms with Gasteiger partial charge < -0.3 is 14.2 Å². The Morgan fingerprint density at radius 2 is 2.00 bits per heavy atom. The van der Waals surface area contributed by atoms with Crippen molar-refractivity contribution in [3.05, 3.63) is 52.0 Å². The van der Waals surface area contributed by atoms with Crippen LogP contribution in [0.1, 0.15) is 31.9 Å². The highest BCUT2D eigenvalue weighted by Gasteiger charge is 2.16. The number of nitrogens with zero attached hydrogens (tertiary/aromatic N) is 1. The van der Waals surface area contributed by atoms with E-state index in [-0.39, 0.29) is 24.7 Å². The molecule has 1 aliphatic heterocycles. The second-order valence-electron chi connectivity index (χ2n) is 7.09. The third-order valence-corrected chi connectivity index (χ3v) is 4.58. The van der Waals surface area contributed by atoms with E-state index in [0.717, 1.165) is 10.0 Å². The van der Waals surface area contributed by atoms with Crippen molar-refractivity contribution in [1.29, 1.82) is 0 Å². The number of ether oxygens (including phenoxy) is 3. The lowest BCUT2D eigenvalue weighted by Crippen LogP contribution is -2.24. The summed E-state index contributed by atoms with van der Waals surface area (Å²) in [6.45, 7) is 6.50. The molecular weight excluding hydrogens is 412 g/mol. The molecule has 0 atom stereocenters. The molecule has 0 aliphatic carbocycles. The van der Waals surface area contributed by atoms with Crippen LogP contribution in [0.2, 0.25) is 0 Å². The van der Waals surface area contributed by atoms with Gasteiger partial charge in [-0.05, 0) is 62.8 Å². The summed E-state index contributed by atoms with van der Waals surface area (Å²) in [5.41, 5.74) is 4.46. The van der Waals surface area contributed by atoms with Gasteiger partial charge in [0, 0.05) is 0 Å². The van der Waals surface area contributed by atoms with Gasteiger partial charge in [0.15, 0.2) is 18.1 Å². The van der Waals surface area contributed by atoms with Gasteiger partial charge in [-0.1, -0.05) is 26.8 Å². The van der Waals surface area contributed by atoms with E-state index < -0.39 is 0 Å². The van der Waals surface area contributed by atoms with E-state index in [4.69, 9.17) is 14.2 Å². The van der Waals surface area contributed by atoms with Crippen molar-refractivity contribution in [2.75, 3.05) is 13.4 Å². The second-order valence-corrected chi connectivity index (χ2v) is 7.94. The lowest BCUT2D eigenvalue weighted by molar-refractivity contribution is -0.123. The molecule has 6 nitrogen and oxygen atoms in total. The number of amides is 1. The van der Waals surface area contributed by atoms with Crippen LogP contribution in [0.5, 0.6) is 17.2 Å². The molecule has 2 aromatic rings. The molecule has 3 rings (SSSR count). The van der Waals surface area contributed by atoms with Gasteiger partial charge in [-0.3, -0.25) is 4.79 Å². The predicted octanol–water partition coefficient (Wildman–Crippen LogP) is 4.00. The molecule has 142 valence electrons. The van der Waals surface area contributed by atoms with Crippen molar-refractivity contribution < 1.29 is 19.0 Å². The van der Waals surface area contributed by atoms with Crippen molar-refractivity contribution in [1.82, 2.24) is 5.43 Å². The number of halogens is 1. The minimum absolute atomic E-state index is 0.0435. The van der Waals surface area contributed by atoms with Crippen molar-refractivity contribution >= 4 is 28.1 Å². The lowest BCUT2D eigenvalue weighted by atomic mass is 9.87. The molecule has 0 aromatic heterocycles. The normalized spacial score (nSPS) is 13.0. The molecule has 0 fully saturated rings. The maximum atomic E-state index is 11.9. The number of hydrogen-bond donors (Lipinski definition) is 1. The zero-order chi connectivity index (χ0) is 19.4. The van der Waals surface area contributed by atoms with Crippen LogP contribution in [0.4, 0.5) is 0 Å². The van der Waals surface area contributed by atoms with Crippen LogP contribution in [-0.4, -0.2) is 25.5 Å². The molecule has 0 spiro atoms. The van der Waals surface area contributed by atoms with E-state index in [0.29, 0.717) is 17.2 Å². The first-order valence-corrected chi connectivity index (χ1v) is 9.26. The largest absolute Gasteiger partial charge is 0.483 e. The highest BCUT2D eigenvalue weighted by Crippen LogP contribution is 2.32. The van der Waals surface area contributed by atoms with Crippen LogP contribution in [0.3, 0.4) is 0 Å². The summed E-state index contributed by atoms with van der Waals surface area (Å²) in [6.07, 6.45) is 1.54. The van der Waals surface area contributed by atoms with Gasteiger partial charge in [-0.2, -0.15) is 5.10 Å². The highest BCUT2D eigenvalue weighted by atomic mass is 79.9. The van der Waals surface area contributed by atoms with Crippen molar-refractivity contribution in [2.45, 2.75) is 26.2 Å². The Balaban J connectivity index is 1.51. The van der Waals surface area contributed by atoms with Crippen molar-refractivity contribution in [3.63, 3.8) is 0 Å².